The topological polar surface area (TPSA) is 40.5 Å². The summed E-state index contributed by atoms with van der Waals surface area (Å²) < 4.78 is 27.3. The number of nitrogens with zero attached hydrogens (tertiary/aromatic N) is 1. The molecule has 4 nitrogen and oxygen atoms in total. The van der Waals surface area contributed by atoms with Crippen LogP contribution in [0, 0.1) is 5.82 Å². The number of fused-ring (bicyclic) bond motifs is 1. The number of aromatic nitrogens is 1. The smallest absolute Gasteiger partial charge is 0.340 e. The fourth-order valence-electron chi connectivity index (χ4n) is 3.67. The highest BCUT2D eigenvalue weighted by atomic mass is 28.4. The van der Waals surface area contributed by atoms with Crippen LogP contribution < -0.4 is 0 Å². The van der Waals surface area contributed by atoms with Crippen LogP contribution in [0.2, 0.25) is 18.1 Å². The van der Waals surface area contributed by atoms with Crippen LogP contribution in [0.1, 0.15) is 56.4 Å². The van der Waals surface area contributed by atoms with Gasteiger partial charge in [0.2, 0.25) is 0 Å². The Morgan fingerprint density at radius 1 is 1.26 bits per heavy atom. The SMILES string of the molecule is COC(=O)c1cn(C2CCC(O[Si](C)(C)C(C)(C)C)C2)c2ccc(F)cc12. The molecule has 2 aromatic rings. The highest BCUT2D eigenvalue weighted by molar-refractivity contribution is 6.74. The number of ether oxygens (including phenoxy) is 1. The lowest BCUT2D eigenvalue weighted by molar-refractivity contribution is 0.0602. The van der Waals surface area contributed by atoms with Gasteiger partial charge >= 0.3 is 5.97 Å². The molecule has 1 aromatic heterocycles. The Labute approximate surface area is 161 Å². The van der Waals surface area contributed by atoms with Crippen molar-refractivity contribution in [2.45, 2.75) is 70.3 Å². The highest BCUT2D eigenvalue weighted by Gasteiger charge is 2.41. The molecule has 0 radical (unpaired) electrons. The van der Waals surface area contributed by atoms with Crippen molar-refractivity contribution < 1.29 is 18.3 Å². The third kappa shape index (κ3) is 3.83. The standard InChI is InChI=1S/C21H30FNO3Si/c1-21(2,3)27(5,6)26-16-9-8-15(12-16)23-13-18(20(24)25-4)17-11-14(22)7-10-19(17)23/h7,10-11,13,15-16H,8-9,12H2,1-6H3. The van der Waals surface area contributed by atoms with E-state index in [0.717, 1.165) is 24.8 Å². The average Bonchev–Trinajstić information content (AvgIpc) is 3.16. The largest absolute Gasteiger partial charge is 0.465 e. The van der Waals surface area contributed by atoms with Gasteiger partial charge in [0, 0.05) is 29.2 Å². The fraction of sp³-hybridized carbons (Fsp3) is 0.571. The zero-order valence-electron chi connectivity index (χ0n) is 17.1. The molecule has 0 saturated heterocycles. The van der Waals surface area contributed by atoms with Crippen LogP contribution >= 0.6 is 0 Å². The van der Waals surface area contributed by atoms with Gasteiger partial charge in [0.1, 0.15) is 5.82 Å². The Morgan fingerprint density at radius 2 is 1.96 bits per heavy atom. The Balaban J connectivity index is 1.88. The molecule has 27 heavy (non-hydrogen) atoms. The normalized spacial score (nSPS) is 21.0. The van der Waals surface area contributed by atoms with Gasteiger partial charge < -0.3 is 13.7 Å². The zero-order valence-corrected chi connectivity index (χ0v) is 18.1. The summed E-state index contributed by atoms with van der Waals surface area (Å²) in [6.45, 7) is 11.3. The van der Waals surface area contributed by atoms with Gasteiger partial charge in [0.25, 0.3) is 0 Å². The summed E-state index contributed by atoms with van der Waals surface area (Å²) in [6, 6.07) is 4.85. The molecule has 1 aromatic carbocycles. The first-order valence-electron chi connectivity index (χ1n) is 9.60. The van der Waals surface area contributed by atoms with Crippen molar-refractivity contribution in [3.05, 3.63) is 35.8 Å². The number of benzene rings is 1. The monoisotopic (exact) mass is 391 g/mol. The van der Waals surface area contributed by atoms with E-state index in [1.54, 1.807) is 6.07 Å². The number of halogens is 1. The molecule has 2 atom stereocenters. The van der Waals surface area contributed by atoms with Crippen molar-refractivity contribution >= 4 is 25.2 Å². The van der Waals surface area contributed by atoms with Crippen LogP contribution in [-0.2, 0) is 9.16 Å². The van der Waals surface area contributed by atoms with Gasteiger partial charge in [-0.15, -0.1) is 0 Å². The van der Waals surface area contributed by atoms with Gasteiger partial charge in [-0.25, -0.2) is 9.18 Å². The van der Waals surface area contributed by atoms with Crippen molar-refractivity contribution in [2.75, 3.05) is 7.11 Å². The summed E-state index contributed by atoms with van der Waals surface area (Å²) in [7, 11) is -0.462. The lowest BCUT2D eigenvalue weighted by Crippen LogP contribution is -2.43. The maximum absolute atomic E-state index is 13.8. The highest BCUT2D eigenvalue weighted by Crippen LogP contribution is 2.42. The number of carbonyl (C=O) groups excluding carboxylic acids is 1. The number of rotatable bonds is 4. The molecule has 148 valence electrons. The van der Waals surface area contributed by atoms with Crippen molar-refractivity contribution in [3.63, 3.8) is 0 Å². The molecule has 3 rings (SSSR count). The molecule has 2 unspecified atom stereocenters. The second-order valence-electron chi connectivity index (χ2n) is 9.07. The van der Waals surface area contributed by atoms with Gasteiger partial charge in [-0.3, -0.25) is 0 Å². The predicted molar refractivity (Wildman–Crippen MR) is 108 cm³/mol. The Bertz CT molecular complexity index is 853. The lowest BCUT2D eigenvalue weighted by Gasteiger charge is -2.38. The number of esters is 1. The first-order valence-corrected chi connectivity index (χ1v) is 12.5. The summed E-state index contributed by atoms with van der Waals surface area (Å²) in [5.74, 6) is -0.785. The summed E-state index contributed by atoms with van der Waals surface area (Å²) in [5.41, 5.74) is 1.29. The van der Waals surface area contributed by atoms with Crippen molar-refractivity contribution in [3.8, 4) is 0 Å². The van der Waals surface area contributed by atoms with E-state index in [-0.39, 0.29) is 23.0 Å². The molecule has 6 heteroatoms. The van der Waals surface area contributed by atoms with E-state index in [9.17, 15) is 9.18 Å². The van der Waals surface area contributed by atoms with Gasteiger partial charge in [-0.1, -0.05) is 20.8 Å². The molecule has 0 N–H and O–H groups in total. The maximum atomic E-state index is 13.8. The zero-order chi connectivity index (χ0) is 20.0. The van der Waals surface area contributed by atoms with E-state index in [1.807, 2.05) is 6.20 Å². The molecule has 1 saturated carbocycles. The second-order valence-corrected chi connectivity index (χ2v) is 13.8. The van der Waals surface area contributed by atoms with Crippen LogP contribution in [-0.4, -0.2) is 32.1 Å². The second kappa shape index (κ2) is 7.06. The molecular weight excluding hydrogens is 361 g/mol. The number of methoxy groups -OCH3 is 1. The van der Waals surface area contributed by atoms with E-state index >= 15 is 0 Å². The average molecular weight is 392 g/mol. The minimum atomic E-state index is -1.81. The van der Waals surface area contributed by atoms with Crippen LogP contribution in [0.15, 0.2) is 24.4 Å². The molecule has 1 heterocycles. The van der Waals surface area contributed by atoms with E-state index in [0.29, 0.717) is 10.9 Å². The van der Waals surface area contributed by atoms with Crippen LogP contribution in [0.3, 0.4) is 0 Å². The van der Waals surface area contributed by atoms with E-state index in [4.69, 9.17) is 9.16 Å². The van der Waals surface area contributed by atoms with Crippen LogP contribution in [0.25, 0.3) is 10.9 Å². The minimum Gasteiger partial charge on any atom is -0.465 e. The fourth-order valence-corrected chi connectivity index (χ4v) is 5.07. The molecule has 0 amide bonds. The minimum absolute atomic E-state index is 0.181. The van der Waals surface area contributed by atoms with Gasteiger partial charge in [0.05, 0.1) is 12.7 Å². The predicted octanol–water partition coefficient (Wildman–Crippen LogP) is 5.68. The van der Waals surface area contributed by atoms with Crippen LogP contribution in [0.5, 0.6) is 0 Å². The van der Waals surface area contributed by atoms with Gasteiger partial charge in [-0.2, -0.15) is 0 Å². The molecule has 0 spiro atoms. The maximum Gasteiger partial charge on any atom is 0.340 e. The third-order valence-electron chi connectivity index (χ3n) is 6.22. The van der Waals surface area contributed by atoms with E-state index < -0.39 is 14.3 Å². The van der Waals surface area contributed by atoms with Crippen molar-refractivity contribution in [2.24, 2.45) is 0 Å². The Morgan fingerprint density at radius 3 is 2.59 bits per heavy atom. The summed E-state index contributed by atoms with van der Waals surface area (Å²) in [4.78, 5) is 12.2. The van der Waals surface area contributed by atoms with Gasteiger partial charge in [-0.05, 0) is 55.6 Å². The molecular formula is C21H30FNO3Si. The van der Waals surface area contributed by atoms with E-state index in [2.05, 4.69) is 38.4 Å². The summed E-state index contributed by atoms with van der Waals surface area (Å²) in [6.07, 6.45) is 4.95. The molecule has 1 aliphatic carbocycles. The van der Waals surface area contributed by atoms with Crippen molar-refractivity contribution in [1.82, 2.24) is 4.57 Å². The van der Waals surface area contributed by atoms with E-state index in [1.165, 1.54) is 19.2 Å². The Hall–Kier alpha value is -1.66. The molecule has 0 aliphatic heterocycles. The Kier molecular flexibility index (Phi) is 5.25. The summed E-state index contributed by atoms with van der Waals surface area (Å²) in [5, 5.41) is 0.788. The first-order chi connectivity index (χ1) is 12.5. The molecule has 1 fully saturated rings. The first kappa shape index (κ1) is 20.1. The third-order valence-corrected chi connectivity index (χ3v) is 10.8. The van der Waals surface area contributed by atoms with Gasteiger partial charge in [0.15, 0.2) is 8.32 Å². The van der Waals surface area contributed by atoms with Crippen LogP contribution in [0.4, 0.5) is 4.39 Å². The van der Waals surface area contributed by atoms with Crippen molar-refractivity contribution in [1.29, 1.82) is 0 Å². The molecule has 1 aliphatic rings. The number of hydrogen-bond acceptors (Lipinski definition) is 3. The quantitative estimate of drug-likeness (QED) is 0.497. The number of hydrogen-bond donors (Lipinski definition) is 0. The number of carbonyl (C=O) groups is 1. The summed E-state index contributed by atoms with van der Waals surface area (Å²) >= 11 is 0. The molecule has 0 bridgehead atoms. The lowest BCUT2D eigenvalue weighted by atomic mass is 10.1.